The third-order valence-corrected chi connectivity index (χ3v) is 4.97. The van der Waals surface area contributed by atoms with Gasteiger partial charge in [0.1, 0.15) is 11.5 Å². The zero-order valence-corrected chi connectivity index (χ0v) is 16.4. The highest BCUT2D eigenvalue weighted by Gasteiger charge is 2.21. The molecule has 0 saturated carbocycles. The lowest BCUT2D eigenvalue weighted by atomic mass is 10.1. The van der Waals surface area contributed by atoms with Gasteiger partial charge in [0.25, 0.3) is 5.91 Å². The Kier molecular flexibility index (Phi) is 6.35. The Balaban J connectivity index is 1.44. The molecule has 3 rings (SSSR count). The second-order valence-electron chi connectivity index (χ2n) is 7.06. The lowest BCUT2D eigenvalue weighted by Gasteiger charge is -2.34. The fraction of sp³-hybridized carbons (Fsp3) is 0.409. The third-order valence-electron chi connectivity index (χ3n) is 4.97. The summed E-state index contributed by atoms with van der Waals surface area (Å²) in [5.74, 6) is 1.71. The molecule has 1 saturated heterocycles. The zero-order valence-electron chi connectivity index (χ0n) is 16.4. The van der Waals surface area contributed by atoms with E-state index in [9.17, 15) is 4.79 Å². The molecule has 0 aliphatic carbocycles. The molecule has 27 heavy (non-hydrogen) atoms. The van der Waals surface area contributed by atoms with Crippen LogP contribution in [-0.4, -0.2) is 55.6 Å². The maximum Gasteiger partial charge on any atom is 0.260 e. The van der Waals surface area contributed by atoms with Crippen molar-refractivity contribution in [3.05, 3.63) is 59.2 Å². The molecule has 1 fully saturated rings. The SMILES string of the molecule is COc1ccc(CN2CCN(C(=O)COc3ccc(C)cc3)CC2)cc1C. The minimum Gasteiger partial charge on any atom is -0.496 e. The lowest BCUT2D eigenvalue weighted by Crippen LogP contribution is -2.49. The molecular weight excluding hydrogens is 340 g/mol. The smallest absolute Gasteiger partial charge is 0.260 e. The summed E-state index contributed by atoms with van der Waals surface area (Å²) in [7, 11) is 1.70. The lowest BCUT2D eigenvalue weighted by molar-refractivity contribution is -0.135. The number of benzene rings is 2. The second kappa shape index (κ2) is 8.91. The summed E-state index contributed by atoms with van der Waals surface area (Å²) >= 11 is 0. The van der Waals surface area contributed by atoms with Crippen LogP contribution in [0.5, 0.6) is 11.5 Å². The number of hydrogen-bond donors (Lipinski definition) is 0. The number of methoxy groups -OCH3 is 1. The summed E-state index contributed by atoms with van der Waals surface area (Å²) in [6.45, 7) is 8.32. The van der Waals surface area contributed by atoms with E-state index in [-0.39, 0.29) is 12.5 Å². The number of amides is 1. The minimum atomic E-state index is 0.0514. The van der Waals surface area contributed by atoms with E-state index in [1.165, 1.54) is 11.1 Å². The summed E-state index contributed by atoms with van der Waals surface area (Å²) in [6, 6.07) is 14.1. The largest absolute Gasteiger partial charge is 0.496 e. The highest BCUT2D eigenvalue weighted by molar-refractivity contribution is 5.77. The summed E-state index contributed by atoms with van der Waals surface area (Å²) in [5.41, 5.74) is 3.60. The Bertz CT molecular complexity index is 766. The molecule has 2 aromatic carbocycles. The Morgan fingerprint density at radius 1 is 1.00 bits per heavy atom. The van der Waals surface area contributed by atoms with Gasteiger partial charge in [0.05, 0.1) is 7.11 Å². The fourth-order valence-electron chi connectivity index (χ4n) is 3.32. The molecule has 1 heterocycles. The molecule has 144 valence electrons. The average Bonchev–Trinajstić information content (AvgIpc) is 2.68. The zero-order chi connectivity index (χ0) is 19.2. The van der Waals surface area contributed by atoms with Crippen LogP contribution in [0.3, 0.4) is 0 Å². The maximum atomic E-state index is 12.4. The number of nitrogens with zero attached hydrogens (tertiary/aromatic N) is 2. The van der Waals surface area contributed by atoms with Crippen molar-refractivity contribution in [3.8, 4) is 11.5 Å². The molecule has 1 aliphatic heterocycles. The van der Waals surface area contributed by atoms with Gasteiger partial charge in [-0.15, -0.1) is 0 Å². The summed E-state index contributed by atoms with van der Waals surface area (Å²) < 4.78 is 10.9. The van der Waals surface area contributed by atoms with Gasteiger partial charge in [-0.05, 0) is 43.2 Å². The molecule has 0 aromatic heterocycles. The van der Waals surface area contributed by atoms with Gasteiger partial charge in [-0.3, -0.25) is 9.69 Å². The number of piperazine rings is 1. The van der Waals surface area contributed by atoms with Gasteiger partial charge in [-0.25, -0.2) is 0 Å². The predicted molar refractivity (Wildman–Crippen MR) is 106 cm³/mol. The first-order valence-corrected chi connectivity index (χ1v) is 9.38. The number of aryl methyl sites for hydroxylation is 2. The highest BCUT2D eigenvalue weighted by atomic mass is 16.5. The van der Waals surface area contributed by atoms with E-state index in [0.717, 1.165) is 49.8 Å². The van der Waals surface area contributed by atoms with Gasteiger partial charge in [0, 0.05) is 32.7 Å². The van der Waals surface area contributed by atoms with Crippen molar-refractivity contribution in [2.24, 2.45) is 0 Å². The highest BCUT2D eigenvalue weighted by Crippen LogP contribution is 2.20. The number of carbonyl (C=O) groups excluding carboxylic acids is 1. The van der Waals surface area contributed by atoms with Gasteiger partial charge in [-0.1, -0.05) is 29.8 Å². The van der Waals surface area contributed by atoms with Crippen molar-refractivity contribution in [1.29, 1.82) is 0 Å². The predicted octanol–water partition coefficient (Wildman–Crippen LogP) is 3.04. The van der Waals surface area contributed by atoms with Crippen LogP contribution in [0.2, 0.25) is 0 Å². The van der Waals surface area contributed by atoms with Crippen LogP contribution in [0.15, 0.2) is 42.5 Å². The first kappa shape index (κ1) is 19.2. The van der Waals surface area contributed by atoms with Gasteiger partial charge in [0.15, 0.2) is 6.61 Å². The van der Waals surface area contributed by atoms with Crippen molar-refractivity contribution in [1.82, 2.24) is 9.80 Å². The van der Waals surface area contributed by atoms with Crippen LogP contribution in [0.4, 0.5) is 0 Å². The van der Waals surface area contributed by atoms with Crippen LogP contribution in [0, 0.1) is 13.8 Å². The summed E-state index contributed by atoms with van der Waals surface area (Å²) in [5, 5.41) is 0. The van der Waals surface area contributed by atoms with E-state index in [0.29, 0.717) is 0 Å². The number of carbonyl (C=O) groups is 1. The van der Waals surface area contributed by atoms with E-state index in [4.69, 9.17) is 9.47 Å². The molecule has 1 amide bonds. The van der Waals surface area contributed by atoms with E-state index in [2.05, 4.69) is 24.0 Å². The maximum absolute atomic E-state index is 12.4. The first-order valence-electron chi connectivity index (χ1n) is 9.38. The summed E-state index contributed by atoms with van der Waals surface area (Å²) in [6.07, 6.45) is 0. The van der Waals surface area contributed by atoms with Crippen LogP contribution >= 0.6 is 0 Å². The number of hydrogen-bond acceptors (Lipinski definition) is 4. The van der Waals surface area contributed by atoms with Crippen LogP contribution in [0.25, 0.3) is 0 Å². The Morgan fingerprint density at radius 2 is 1.70 bits per heavy atom. The standard InChI is InChI=1S/C22H28N2O3/c1-17-4-7-20(8-5-17)27-16-22(25)24-12-10-23(11-13-24)15-19-6-9-21(26-3)18(2)14-19/h4-9,14H,10-13,15-16H2,1-3H3. The van der Waals surface area contributed by atoms with Gasteiger partial charge in [-0.2, -0.15) is 0 Å². The molecule has 5 heteroatoms. The topological polar surface area (TPSA) is 42.0 Å². The van der Waals surface area contributed by atoms with Crippen molar-refractivity contribution >= 4 is 5.91 Å². The van der Waals surface area contributed by atoms with E-state index < -0.39 is 0 Å². The molecule has 0 unspecified atom stereocenters. The van der Waals surface area contributed by atoms with Crippen molar-refractivity contribution in [2.45, 2.75) is 20.4 Å². The molecule has 1 aliphatic rings. The third kappa shape index (κ3) is 5.23. The van der Waals surface area contributed by atoms with E-state index in [1.807, 2.05) is 42.2 Å². The molecule has 0 N–H and O–H groups in total. The Morgan fingerprint density at radius 3 is 2.33 bits per heavy atom. The van der Waals surface area contributed by atoms with Gasteiger partial charge in [0.2, 0.25) is 0 Å². The number of rotatable bonds is 6. The first-order chi connectivity index (χ1) is 13.0. The summed E-state index contributed by atoms with van der Waals surface area (Å²) in [4.78, 5) is 16.7. The van der Waals surface area contributed by atoms with Gasteiger partial charge >= 0.3 is 0 Å². The Hall–Kier alpha value is -2.53. The minimum absolute atomic E-state index is 0.0514. The monoisotopic (exact) mass is 368 g/mol. The van der Waals surface area contributed by atoms with E-state index >= 15 is 0 Å². The van der Waals surface area contributed by atoms with Crippen molar-refractivity contribution in [2.75, 3.05) is 39.9 Å². The number of ether oxygens (including phenoxy) is 2. The molecule has 0 atom stereocenters. The Labute approximate surface area is 161 Å². The van der Waals surface area contributed by atoms with Crippen LogP contribution < -0.4 is 9.47 Å². The average molecular weight is 368 g/mol. The van der Waals surface area contributed by atoms with E-state index in [1.54, 1.807) is 7.11 Å². The molecule has 0 radical (unpaired) electrons. The normalized spacial score (nSPS) is 14.9. The van der Waals surface area contributed by atoms with Crippen molar-refractivity contribution < 1.29 is 14.3 Å². The van der Waals surface area contributed by atoms with Gasteiger partial charge < -0.3 is 14.4 Å². The molecule has 2 aromatic rings. The molecular formula is C22H28N2O3. The molecule has 0 spiro atoms. The van der Waals surface area contributed by atoms with Crippen molar-refractivity contribution in [3.63, 3.8) is 0 Å². The fourth-order valence-corrected chi connectivity index (χ4v) is 3.32. The quantitative estimate of drug-likeness (QED) is 0.786. The molecule has 5 nitrogen and oxygen atoms in total. The molecule has 0 bridgehead atoms. The van der Waals surface area contributed by atoms with Crippen LogP contribution in [-0.2, 0) is 11.3 Å². The van der Waals surface area contributed by atoms with Crippen LogP contribution in [0.1, 0.15) is 16.7 Å². The second-order valence-corrected chi connectivity index (χ2v) is 7.06.